The third-order valence-corrected chi connectivity index (χ3v) is 2.60. The maximum Gasteiger partial charge on any atom is 0.224 e. The second kappa shape index (κ2) is 5.30. The van der Waals surface area contributed by atoms with E-state index in [2.05, 4.69) is 15.5 Å². The summed E-state index contributed by atoms with van der Waals surface area (Å²) in [5, 5.41) is 9.52. The van der Waals surface area contributed by atoms with Gasteiger partial charge in [0.05, 0.1) is 18.7 Å². The van der Waals surface area contributed by atoms with Crippen LogP contribution < -0.4 is 5.32 Å². The van der Waals surface area contributed by atoms with Crippen molar-refractivity contribution in [1.29, 1.82) is 0 Å². The van der Waals surface area contributed by atoms with Crippen molar-refractivity contribution < 1.29 is 4.79 Å². The van der Waals surface area contributed by atoms with Gasteiger partial charge in [-0.05, 0) is 12.5 Å². The number of hydrogen-bond donors (Lipinski definition) is 2. The van der Waals surface area contributed by atoms with Crippen molar-refractivity contribution in [2.24, 2.45) is 0 Å². The highest BCUT2D eigenvalue weighted by molar-refractivity contribution is 5.78. The van der Waals surface area contributed by atoms with Gasteiger partial charge in [-0.1, -0.05) is 30.3 Å². The lowest BCUT2D eigenvalue weighted by atomic mass is 10.1. The summed E-state index contributed by atoms with van der Waals surface area (Å²) in [6.07, 6.45) is 3.91. The number of carbonyl (C=O) groups excluding carboxylic acids is 1. The Balaban J connectivity index is 1.90. The Kier molecular flexibility index (Phi) is 3.55. The van der Waals surface area contributed by atoms with Crippen molar-refractivity contribution >= 4 is 5.91 Å². The van der Waals surface area contributed by atoms with E-state index in [1.54, 1.807) is 12.4 Å². The van der Waals surface area contributed by atoms with Gasteiger partial charge in [0.25, 0.3) is 0 Å². The van der Waals surface area contributed by atoms with Gasteiger partial charge in [-0.2, -0.15) is 5.10 Å². The van der Waals surface area contributed by atoms with Gasteiger partial charge in [-0.25, -0.2) is 0 Å². The van der Waals surface area contributed by atoms with Gasteiger partial charge in [0.15, 0.2) is 0 Å². The molecule has 1 unspecified atom stereocenters. The van der Waals surface area contributed by atoms with Gasteiger partial charge in [-0.3, -0.25) is 9.89 Å². The first kappa shape index (κ1) is 11.4. The highest BCUT2D eigenvalue weighted by atomic mass is 16.1. The molecule has 0 saturated carbocycles. The number of H-pyrrole nitrogens is 1. The fourth-order valence-corrected chi connectivity index (χ4v) is 1.65. The zero-order chi connectivity index (χ0) is 12.1. The summed E-state index contributed by atoms with van der Waals surface area (Å²) in [4.78, 5) is 11.8. The molecule has 2 aromatic rings. The number of benzene rings is 1. The fourth-order valence-electron chi connectivity index (χ4n) is 1.65. The molecule has 1 aromatic carbocycles. The standard InChI is InChI=1S/C13H15N3O/c1-10(12-8-14-15-9-12)16-13(17)7-11-5-3-2-4-6-11/h2-6,8-10H,7H2,1H3,(H,14,15)(H,16,17). The van der Waals surface area contributed by atoms with Gasteiger partial charge >= 0.3 is 0 Å². The van der Waals surface area contributed by atoms with E-state index < -0.39 is 0 Å². The molecule has 1 heterocycles. The van der Waals surface area contributed by atoms with E-state index in [4.69, 9.17) is 0 Å². The van der Waals surface area contributed by atoms with E-state index in [1.165, 1.54) is 0 Å². The van der Waals surface area contributed by atoms with Crippen molar-refractivity contribution in [2.45, 2.75) is 19.4 Å². The predicted octanol–water partition coefficient (Wildman–Crippen LogP) is 1.83. The molecule has 88 valence electrons. The van der Waals surface area contributed by atoms with Crippen LogP contribution in [0.3, 0.4) is 0 Å². The molecule has 4 heteroatoms. The molecule has 0 fully saturated rings. The quantitative estimate of drug-likeness (QED) is 0.840. The van der Waals surface area contributed by atoms with E-state index in [0.29, 0.717) is 6.42 Å². The van der Waals surface area contributed by atoms with Gasteiger partial charge < -0.3 is 5.32 Å². The molecule has 2 rings (SSSR count). The second-order valence-corrected chi connectivity index (χ2v) is 3.98. The predicted molar refractivity (Wildman–Crippen MR) is 65.3 cm³/mol. The molecular weight excluding hydrogens is 214 g/mol. The summed E-state index contributed by atoms with van der Waals surface area (Å²) in [5.74, 6) is 0.0184. The lowest BCUT2D eigenvalue weighted by molar-refractivity contribution is -0.121. The van der Waals surface area contributed by atoms with Crippen LogP contribution in [0.4, 0.5) is 0 Å². The minimum absolute atomic E-state index is 0.0184. The number of aromatic amines is 1. The van der Waals surface area contributed by atoms with Gasteiger partial charge in [0, 0.05) is 11.8 Å². The van der Waals surface area contributed by atoms with Gasteiger partial charge in [0.1, 0.15) is 0 Å². The fraction of sp³-hybridized carbons (Fsp3) is 0.231. The lowest BCUT2D eigenvalue weighted by Gasteiger charge is -2.11. The Labute approximate surface area is 100 Å². The topological polar surface area (TPSA) is 57.8 Å². The summed E-state index contributed by atoms with van der Waals surface area (Å²) in [6.45, 7) is 1.94. The van der Waals surface area contributed by atoms with Crippen molar-refractivity contribution in [1.82, 2.24) is 15.5 Å². The molecule has 1 amide bonds. The maximum absolute atomic E-state index is 11.8. The number of carbonyl (C=O) groups is 1. The average Bonchev–Trinajstić information content (AvgIpc) is 2.83. The van der Waals surface area contributed by atoms with Crippen molar-refractivity contribution in [3.8, 4) is 0 Å². The molecule has 0 aliphatic carbocycles. The third kappa shape index (κ3) is 3.17. The minimum Gasteiger partial charge on any atom is -0.349 e. The molecule has 0 radical (unpaired) electrons. The summed E-state index contributed by atoms with van der Waals surface area (Å²) in [5.41, 5.74) is 2.00. The summed E-state index contributed by atoms with van der Waals surface area (Å²) in [6, 6.07) is 9.68. The van der Waals surface area contributed by atoms with Crippen molar-refractivity contribution in [3.63, 3.8) is 0 Å². The van der Waals surface area contributed by atoms with Crippen LogP contribution in [0.2, 0.25) is 0 Å². The highest BCUT2D eigenvalue weighted by Gasteiger charge is 2.10. The second-order valence-electron chi connectivity index (χ2n) is 3.98. The van der Waals surface area contributed by atoms with Crippen molar-refractivity contribution in [3.05, 3.63) is 53.9 Å². The number of aromatic nitrogens is 2. The molecule has 0 aliphatic rings. The van der Waals surface area contributed by atoms with Gasteiger partial charge in [0.2, 0.25) is 5.91 Å². The summed E-state index contributed by atoms with van der Waals surface area (Å²) >= 11 is 0. The number of nitrogens with zero attached hydrogens (tertiary/aromatic N) is 1. The van der Waals surface area contributed by atoms with Crippen LogP contribution in [-0.4, -0.2) is 16.1 Å². The largest absolute Gasteiger partial charge is 0.349 e. The van der Waals surface area contributed by atoms with Crippen molar-refractivity contribution in [2.75, 3.05) is 0 Å². The van der Waals surface area contributed by atoms with E-state index in [0.717, 1.165) is 11.1 Å². The Morgan fingerprint density at radius 3 is 2.82 bits per heavy atom. The first-order valence-electron chi connectivity index (χ1n) is 5.57. The SMILES string of the molecule is CC(NC(=O)Cc1ccccc1)c1cn[nH]c1. The molecule has 0 aliphatic heterocycles. The molecule has 4 nitrogen and oxygen atoms in total. The molecule has 1 aromatic heterocycles. The Morgan fingerprint density at radius 2 is 2.18 bits per heavy atom. The normalized spacial score (nSPS) is 12.1. The van der Waals surface area contributed by atoms with Crippen LogP contribution in [0.1, 0.15) is 24.1 Å². The number of nitrogens with one attached hydrogen (secondary N) is 2. The zero-order valence-electron chi connectivity index (χ0n) is 9.68. The van der Waals surface area contributed by atoms with Crippen LogP contribution >= 0.6 is 0 Å². The van der Waals surface area contributed by atoms with E-state index in [-0.39, 0.29) is 11.9 Å². The monoisotopic (exact) mass is 229 g/mol. The molecule has 17 heavy (non-hydrogen) atoms. The zero-order valence-corrected chi connectivity index (χ0v) is 9.68. The molecule has 1 atom stereocenters. The van der Waals surface area contributed by atoms with Crippen LogP contribution in [0.5, 0.6) is 0 Å². The minimum atomic E-state index is -0.0232. The van der Waals surface area contributed by atoms with Crippen LogP contribution in [0.25, 0.3) is 0 Å². The first-order valence-corrected chi connectivity index (χ1v) is 5.57. The smallest absolute Gasteiger partial charge is 0.224 e. The maximum atomic E-state index is 11.8. The highest BCUT2D eigenvalue weighted by Crippen LogP contribution is 2.09. The number of rotatable bonds is 4. The van der Waals surface area contributed by atoms with Crippen LogP contribution in [0, 0.1) is 0 Å². The van der Waals surface area contributed by atoms with Gasteiger partial charge in [-0.15, -0.1) is 0 Å². The Bertz CT molecular complexity index is 465. The third-order valence-electron chi connectivity index (χ3n) is 2.60. The van der Waals surface area contributed by atoms with Crippen LogP contribution in [0.15, 0.2) is 42.7 Å². The van der Waals surface area contributed by atoms with E-state index in [1.807, 2.05) is 37.3 Å². The molecule has 0 saturated heterocycles. The number of hydrogen-bond acceptors (Lipinski definition) is 2. The Morgan fingerprint density at radius 1 is 1.41 bits per heavy atom. The first-order chi connectivity index (χ1) is 8.25. The van der Waals surface area contributed by atoms with Crippen LogP contribution in [-0.2, 0) is 11.2 Å². The average molecular weight is 229 g/mol. The number of amides is 1. The molecule has 2 N–H and O–H groups in total. The van der Waals surface area contributed by atoms with E-state index in [9.17, 15) is 4.79 Å². The molecular formula is C13H15N3O. The lowest BCUT2D eigenvalue weighted by Crippen LogP contribution is -2.27. The van der Waals surface area contributed by atoms with E-state index >= 15 is 0 Å². The summed E-state index contributed by atoms with van der Waals surface area (Å²) < 4.78 is 0. The Hall–Kier alpha value is -2.10. The summed E-state index contributed by atoms with van der Waals surface area (Å²) in [7, 11) is 0. The molecule has 0 spiro atoms. The molecule has 0 bridgehead atoms.